The smallest absolute Gasteiger partial charge is 0.225 e. The summed E-state index contributed by atoms with van der Waals surface area (Å²) in [5, 5.41) is 3.45. The van der Waals surface area contributed by atoms with Gasteiger partial charge >= 0.3 is 0 Å². The molecule has 1 aromatic carbocycles. The number of likely N-dealkylation sites (tertiary alicyclic amines) is 1. The summed E-state index contributed by atoms with van der Waals surface area (Å²) >= 11 is 0. The number of rotatable bonds is 5. The summed E-state index contributed by atoms with van der Waals surface area (Å²) in [7, 11) is 1.67. The van der Waals surface area contributed by atoms with E-state index in [1.54, 1.807) is 7.11 Å². The summed E-state index contributed by atoms with van der Waals surface area (Å²) < 4.78 is 5.30. The lowest BCUT2D eigenvalue weighted by Gasteiger charge is -2.34. The molecule has 1 fully saturated rings. The van der Waals surface area contributed by atoms with E-state index in [4.69, 9.17) is 9.72 Å². The maximum Gasteiger partial charge on any atom is 0.225 e. The van der Waals surface area contributed by atoms with E-state index in [1.165, 1.54) is 0 Å². The Morgan fingerprint density at radius 3 is 2.81 bits per heavy atom. The number of hydrogen-bond donors (Lipinski definition) is 1. The van der Waals surface area contributed by atoms with Crippen LogP contribution in [0.3, 0.4) is 0 Å². The lowest BCUT2D eigenvalue weighted by molar-refractivity contribution is -0.135. The molecule has 2 heterocycles. The highest BCUT2D eigenvalue weighted by atomic mass is 16.5. The van der Waals surface area contributed by atoms with Gasteiger partial charge < -0.3 is 15.0 Å². The normalized spacial score (nSPS) is 17.1. The van der Waals surface area contributed by atoms with Gasteiger partial charge in [0.1, 0.15) is 5.75 Å². The molecule has 0 radical (unpaired) electrons. The van der Waals surface area contributed by atoms with Gasteiger partial charge in [0.25, 0.3) is 0 Å². The number of aromatic nitrogens is 1. The van der Waals surface area contributed by atoms with Crippen molar-refractivity contribution in [3.05, 3.63) is 47.8 Å². The predicted octanol–water partition coefficient (Wildman–Crippen LogP) is 4.50. The number of nitrogens with zero attached hydrogens (tertiary/aromatic N) is 2. The number of benzene rings is 1. The first kappa shape index (κ1) is 19.2. The number of aryl methyl sites for hydroxylation is 1. The molecule has 1 aromatic heterocycles. The zero-order valence-corrected chi connectivity index (χ0v) is 16.7. The monoisotopic (exact) mass is 367 g/mol. The van der Waals surface area contributed by atoms with Gasteiger partial charge in [0.05, 0.1) is 7.11 Å². The highest BCUT2D eigenvalue weighted by Gasteiger charge is 2.27. The van der Waals surface area contributed by atoms with Crippen LogP contribution < -0.4 is 10.1 Å². The van der Waals surface area contributed by atoms with Crippen LogP contribution in [0.1, 0.15) is 44.0 Å². The average Bonchev–Trinajstić information content (AvgIpc) is 2.67. The summed E-state index contributed by atoms with van der Waals surface area (Å²) in [6, 6.07) is 12.0. The molecular weight excluding hydrogens is 338 g/mol. The van der Waals surface area contributed by atoms with Crippen LogP contribution >= 0.6 is 0 Å². The molecule has 3 rings (SSSR count). The van der Waals surface area contributed by atoms with Crippen molar-refractivity contribution in [3.8, 4) is 5.75 Å². The third-order valence-corrected chi connectivity index (χ3v) is 4.98. The quantitative estimate of drug-likeness (QED) is 0.845. The molecular formula is C22H29N3O2. The molecule has 1 aliphatic rings. The Balaban J connectivity index is 1.79. The van der Waals surface area contributed by atoms with Crippen molar-refractivity contribution in [1.82, 2.24) is 9.88 Å². The Morgan fingerprint density at radius 2 is 2.07 bits per heavy atom. The molecule has 144 valence electrons. The molecule has 5 nitrogen and oxygen atoms in total. The Hall–Kier alpha value is -2.56. The van der Waals surface area contributed by atoms with Crippen LogP contribution in [0.4, 0.5) is 11.4 Å². The van der Waals surface area contributed by atoms with Crippen LogP contribution in [-0.2, 0) is 4.79 Å². The zero-order valence-electron chi connectivity index (χ0n) is 16.7. The van der Waals surface area contributed by atoms with E-state index in [-0.39, 0.29) is 17.7 Å². The highest BCUT2D eigenvalue weighted by Crippen LogP contribution is 2.30. The minimum Gasteiger partial charge on any atom is -0.497 e. The number of pyridine rings is 1. The number of carbonyl (C=O) groups is 1. The number of ether oxygens (including phenoxy) is 1. The largest absolute Gasteiger partial charge is 0.497 e. The van der Waals surface area contributed by atoms with Crippen molar-refractivity contribution < 1.29 is 9.53 Å². The number of hydrogen-bond acceptors (Lipinski definition) is 4. The Bertz CT molecular complexity index is 804. The molecule has 5 heteroatoms. The number of carbonyl (C=O) groups excluding carboxylic acids is 1. The van der Waals surface area contributed by atoms with Gasteiger partial charge in [0.15, 0.2) is 0 Å². The van der Waals surface area contributed by atoms with Crippen molar-refractivity contribution in [1.29, 1.82) is 0 Å². The summed E-state index contributed by atoms with van der Waals surface area (Å²) in [6.45, 7) is 7.56. The number of methoxy groups -OCH3 is 1. The third kappa shape index (κ3) is 4.79. The van der Waals surface area contributed by atoms with E-state index in [0.29, 0.717) is 0 Å². The maximum atomic E-state index is 12.4. The van der Waals surface area contributed by atoms with Gasteiger partial charge in [0, 0.05) is 53.8 Å². The highest BCUT2D eigenvalue weighted by molar-refractivity contribution is 5.78. The minimum absolute atomic E-state index is 0.0412. The lowest BCUT2D eigenvalue weighted by atomic mass is 9.93. The SMILES string of the molecule is COc1cccc(Nc2cc(C)nc([C@H]3CCCN(C(=O)C(C)C)C3)c2)c1. The van der Waals surface area contributed by atoms with Crippen LogP contribution in [0.2, 0.25) is 0 Å². The van der Waals surface area contributed by atoms with Crippen LogP contribution in [0.25, 0.3) is 0 Å². The first-order chi connectivity index (χ1) is 13.0. The standard InChI is InChI=1S/C22H29N3O2/c1-15(2)22(26)25-10-6-7-17(14-25)21-13-19(11-16(3)23-21)24-18-8-5-9-20(12-18)27-4/h5,8-9,11-13,15,17H,6-7,10,14H2,1-4H3,(H,23,24)/t17-/m0/s1. The van der Waals surface area contributed by atoms with E-state index >= 15 is 0 Å². The Morgan fingerprint density at radius 1 is 1.26 bits per heavy atom. The van der Waals surface area contributed by atoms with Crippen LogP contribution in [0.15, 0.2) is 36.4 Å². The third-order valence-electron chi connectivity index (χ3n) is 4.98. The fourth-order valence-electron chi connectivity index (χ4n) is 3.63. The summed E-state index contributed by atoms with van der Waals surface area (Å²) in [6.07, 6.45) is 2.09. The fraction of sp³-hybridized carbons (Fsp3) is 0.455. The van der Waals surface area contributed by atoms with E-state index in [9.17, 15) is 4.79 Å². The summed E-state index contributed by atoms with van der Waals surface area (Å²) in [4.78, 5) is 19.2. The lowest BCUT2D eigenvalue weighted by Crippen LogP contribution is -2.41. The van der Waals surface area contributed by atoms with Crippen molar-refractivity contribution in [2.24, 2.45) is 5.92 Å². The molecule has 1 saturated heterocycles. The molecule has 0 saturated carbocycles. The van der Waals surface area contributed by atoms with Gasteiger partial charge in [0.2, 0.25) is 5.91 Å². The van der Waals surface area contributed by atoms with Gasteiger partial charge in [-0.25, -0.2) is 0 Å². The van der Waals surface area contributed by atoms with Gasteiger partial charge in [-0.15, -0.1) is 0 Å². The number of amides is 1. The van der Waals surface area contributed by atoms with E-state index in [2.05, 4.69) is 11.4 Å². The maximum absolute atomic E-state index is 12.4. The number of piperidine rings is 1. The molecule has 1 amide bonds. The van der Waals surface area contributed by atoms with E-state index in [0.717, 1.165) is 54.4 Å². The van der Waals surface area contributed by atoms with Crippen molar-refractivity contribution in [2.45, 2.75) is 39.5 Å². The summed E-state index contributed by atoms with van der Waals surface area (Å²) in [5.74, 6) is 1.38. The molecule has 0 unspecified atom stereocenters. The Labute approximate surface area is 161 Å². The van der Waals surface area contributed by atoms with Gasteiger partial charge in [-0.2, -0.15) is 0 Å². The van der Waals surface area contributed by atoms with Crippen molar-refractivity contribution in [2.75, 3.05) is 25.5 Å². The topological polar surface area (TPSA) is 54.5 Å². The summed E-state index contributed by atoms with van der Waals surface area (Å²) in [5.41, 5.74) is 4.02. The van der Waals surface area contributed by atoms with E-state index in [1.807, 2.05) is 56.0 Å². The van der Waals surface area contributed by atoms with Crippen LogP contribution in [0, 0.1) is 12.8 Å². The first-order valence-electron chi connectivity index (χ1n) is 9.64. The second-order valence-electron chi connectivity index (χ2n) is 7.56. The molecule has 1 aliphatic heterocycles. The van der Waals surface area contributed by atoms with Gasteiger partial charge in [-0.05, 0) is 44.0 Å². The van der Waals surface area contributed by atoms with Gasteiger partial charge in [-0.1, -0.05) is 19.9 Å². The Kier molecular flexibility index (Phi) is 5.99. The van der Waals surface area contributed by atoms with Crippen LogP contribution in [0.5, 0.6) is 5.75 Å². The minimum atomic E-state index is 0.0412. The second-order valence-corrected chi connectivity index (χ2v) is 7.56. The molecule has 1 atom stereocenters. The van der Waals surface area contributed by atoms with Crippen LogP contribution in [-0.4, -0.2) is 36.0 Å². The first-order valence-corrected chi connectivity index (χ1v) is 9.64. The molecule has 0 spiro atoms. The molecule has 2 aromatic rings. The average molecular weight is 367 g/mol. The van der Waals surface area contributed by atoms with Crippen molar-refractivity contribution >= 4 is 17.3 Å². The second kappa shape index (κ2) is 8.42. The predicted molar refractivity (Wildman–Crippen MR) is 109 cm³/mol. The zero-order chi connectivity index (χ0) is 19.4. The molecule has 27 heavy (non-hydrogen) atoms. The molecule has 1 N–H and O–H groups in total. The fourth-order valence-corrected chi connectivity index (χ4v) is 3.63. The van der Waals surface area contributed by atoms with E-state index < -0.39 is 0 Å². The van der Waals surface area contributed by atoms with Gasteiger partial charge in [-0.3, -0.25) is 9.78 Å². The number of anilines is 2. The molecule has 0 bridgehead atoms. The number of nitrogens with one attached hydrogen (secondary N) is 1. The molecule has 0 aliphatic carbocycles. The van der Waals surface area contributed by atoms with Crippen molar-refractivity contribution in [3.63, 3.8) is 0 Å².